The fourth-order valence-corrected chi connectivity index (χ4v) is 2.65. The van der Waals surface area contributed by atoms with Crippen LogP contribution in [0.2, 0.25) is 0 Å². The molecule has 0 unspecified atom stereocenters. The van der Waals surface area contributed by atoms with Gasteiger partial charge in [-0.1, -0.05) is 47.7 Å². The molecule has 0 amide bonds. The summed E-state index contributed by atoms with van der Waals surface area (Å²) in [6, 6.07) is 12.7. The van der Waals surface area contributed by atoms with Crippen molar-refractivity contribution in [2.24, 2.45) is 0 Å². The van der Waals surface area contributed by atoms with E-state index in [-0.39, 0.29) is 10.6 Å². The van der Waals surface area contributed by atoms with Crippen LogP contribution in [0.3, 0.4) is 0 Å². The Morgan fingerprint density at radius 2 is 2.00 bits per heavy atom. The summed E-state index contributed by atoms with van der Waals surface area (Å²) in [5.74, 6) is -0.395. The van der Waals surface area contributed by atoms with Gasteiger partial charge < -0.3 is 0 Å². The summed E-state index contributed by atoms with van der Waals surface area (Å²) in [5.41, 5.74) is 1.91. The molecule has 114 valence electrons. The Morgan fingerprint density at radius 3 is 2.70 bits per heavy atom. The van der Waals surface area contributed by atoms with E-state index in [1.165, 1.54) is 22.3 Å². The molecule has 0 fully saturated rings. The number of aromatic nitrogens is 2. The highest BCUT2D eigenvalue weighted by atomic mass is 32.1. The van der Waals surface area contributed by atoms with E-state index >= 15 is 0 Å². The molecule has 0 spiro atoms. The highest BCUT2D eigenvalue weighted by molar-refractivity contribution is 7.13. The van der Waals surface area contributed by atoms with Crippen molar-refractivity contribution in [1.29, 1.82) is 0 Å². The second-order valence-electron chi connectivity index (χ2n) is 4.67. The van der Waals surface area contributed by atoms with Crippen LogP contribution < -0.4 is 0 Å². The first-order valence-corrected chi connectivity index (χ1v) is 7.58. The summed E-state index contributed by atoms with van der Waals surface area (Å²) < 4.78 is 1.18. The topological polar surface area (TPSA) is 78.0 Å². The lowest BCUT2D eigenvalue weighted by molar-refractivity contribution is -0.380. The van der Waals surface area contributed by atoms with E-state index in [0.717, 1.165) is 16.9 Å². The molecule has 0 saturated heterocycles. The average Bonchev–Trinajstić information content (AvgIpc) is 3.23. The van der Waals surface area contributed by atoms with E-state index in [0.29, 0.717) is 5.69 Å². The molecule has 0 aliphatic heterocycles. The van der Waals surface area contributed by atoms with Gasteiger partial charge in [0.1, 0.15) is 0 Å². The zero-order chi connectivity index (χ0) is 16.2. The minimum atomic E-state index is -0.515. The van der Waals surface area contributed by atoms with E-state index in [2.05, 4.69) is 5.10 Å². The molecule has 3 rings (SSSR count). The van der Waals surface area contributed by atoms with Crippen molar-refractivity contribution in [2.45, 2.75) is 0 Å². The molecule has 0 radical (unpaired) electrons. The van der Waals surface area contributed by atoms with Crippen molar-refractivity contribution in [2.75, 3.05) is 0 Å². The number of carbonyl (C=O) groups excluding carboxylic acids is 1. The van der Waals surface area contributed by atoms with Crippen molar-refractivity contribution in [1.82, 2.24) is 9.78 Å². The normalized spacial score (nSPS) is 11.0. The number of nitrogens with zero attached hydrogens (tertiary/aromatic N) is 3. The molecule has 0 bridgehead atoms. The largest absolute Gasteiger partial charge is 0.324 e. The number of thiophene rings is 1. The van der Waals surface area contributed by atoms with Crippen molar-refractivity contribution in [3.05, 3.63) is 81.0 Å². The van der Waals surface area contributed by atoms with Crippen molar-refractivity contribution >= 4 is 34.4 Å². The van der Waals surface area contributed by atoms with Gasteiger partial charge in [0, 0.05) is 17.6 Å². The predicted molar refractivity (Wildman–Crippen MR) is 88.3 cm³/mol. The van der Waals surface area contributed by atoms with Crippen LogP contribution in [0, 0.1) is 10.1 Å². The molecule has 3 aromatic rings. The number of hydrogen-bond donors (Lipinski definition) is 0. The summed E-state index contributed by atoms with van der Waals surface area (Å²) in [7, 11) is 0. The maximum atomic E-state index is 12.2. The molecule has 0 saturated carbocycles. The maximum Gasteiger partial charge on any atom is 0.324 e. The number of nitro groups is 1. The lowest BCUT2D eigenvalue weighted by atomic mass is 10.2. The van der Waals surface area contributed by atoms with E-state index < -0.39 is 10.8 Å². The number of benzene rings is 1. The van der Waals surface area contributed by atoms with Gasteiger partial charge in [-0.25, -0.2) is 4.68 Å². The highest BCUT2D eigenvalue weighted by Gasteiger charge is 2.16. The van der Waals surface area contributed by atoms with Gasteiger partial charge >= 0.3 is 5.00 Å². The van der Waals surface area contributed by atoms with E-state index in [9.17, 15) is 14.9 Å². The van der Waals surface area contributed by atoms with Gasteiger partial charge in [0.05, 0.1) is 16.2 Å². The molecule has 0 N–H and O–H groups in total. The van der Waals surface area contributed by atoms with Gasteiger partial charge in [-0.2, -0.15) is 5.10 Å². The second kappa shape index (κ2) is 6.37. The Bertz CT molecular complexity index is 881. The van der Waals surface area contributed by atoms with Gasteiger partial charge in [-0.05, 0) is 17.7 Å². The van der Waals surface area contributed by atoms with Gasteiger partial charge in [0.15, 0.2) is 0 Å². The standard InChI is InChI=1S/C16H11N3O3S/c20-16(13-10-15(19(21)22)23-11-13)18-9-8-14(17-18)7-6-12-4-2-1-3-5-12/h1-11H. The van der Waals surface area contributed by atoms with Crippen LogP contribution in [-0.2, 0) is 0 Å². The first-order chi connectivity index (χ1) is 11.1. The molecule has 2 aromatic heterocycles. The van der Waals surface area contributed by atoms with E-state index in [4.69, 9.17) is 0 Å². The number of rotatable bonds is 4. The summed E-state index contributed by atoms with van der Waals surface area (Å²) in [5, 5.41) is 16.2. The summed E-state index contributed by atoms with van der Waals surface area (Å²) in [6.45, 7) is 0. The molecule has 0 atom stereocenters. The molecule has 6 nitrogen and oxygen atoms in total. The summed E-state index contributed by atoms with van der Waals surface area (Å²) >= 11 is 0.920. The number of carbonyl (C=O) groups is 1. The Labute approximate surface area is 135 Å². The quantitative estimate of drug-likeness (QED) is 0.541. The second-order valence-corrected chi connectivity index (χ2v) is 5.55. The van der Waals surface area contributed by atoms with E-state index in [1.54, 1.807) is 12.1 Å². The zero-order valence-electron chi connectivity index (χ0n) is 11.8. The van der Waals surface area contributed by atoms with Crippen LogP contribution in [0.5, 0.6) is 0 Å². The fraction of sp³-hybridized carbons (Fsp3) is 0. The third kappa shape index (κ3) is 3.41. The Balaban J connectivity index is 1.77. The lowest BCUT2D eigenvalue weighted by Crippen LogP contribution is -2.11. The molecule has 0 aliphatic rings. The van der Waals surface area contributed by atoms with Gasteiger partial charge in [0.25, 0.3) is 5.91 Å². The summed E-state index contributed by atoms with van der Waals surface area (Å²) in [6.07, 6.45) is 5.23. The molecule has 23 heavy (non-hydrogen) atoms. The van der Waals surface area contributed by atoms with Gasteiger partial charge in [-0.15, -0.1) is 0 Å². The molecule has 7 heteroatoms. The fourth-order valence-electron chi connectivity index (χ4n) is 1.95. The first-order valence-electron chi connectivity index (χ1n) is 6.70. The minimum absolute atomic E-state index is 0.0651. The molecular weight excluding hydrogens is 314 g/mol. The van der Waals surface area contributed by atoms with Crippen molar-refractivity contribution in [3.8, 4) is 0 Å². The number of hydrogen-bond acceptors (Lipinski definition) is 5. The van der Waals surface area contributed by atoms with Crippen LogP contribution in [0.15, 0.2) is 54.0 Å². The lowest BCUT2D eigenvalue weighted by Gasteiger charge is -1.95. The van der Waals surface area contributed by atoms with Crippen LogP contribution in [0.4, 0.5) is 5.00 Å². The molecule has 1 aromatic carbocycles. The molecule has 2 heterocycles. The summed E-state index contributed by atoms with van der Waals surface area (Å²) in [4.78, 5) is 22.4. The minimum Gasteiger partial charge on any atom is -0.267 e. The van der Waals surface area contributed by atoms with E-state index in [1.807, 2.05) is 36.4 Å². The van der Waals surface area contributed by atoms with Crippen molar-refractivity contribution in [3.63, 3.8) is 0 Å². The van der Waals surface area contributed by atoms with Crippen molar-refractivity contribution < 1.29 is 9.72 Å². The molecular formula is C16H11N3O3S. The third-order valence-electron chi connectivity index (χ3n) is 3.08. The van der Waals surface area contributed by atoms with Crippen LogP contribution in [0.1, 0.15) is 21.6 Å². The monoisotopic (exact) mass is 325 g/mol. The Morgan fingerprint density at radius 1 is 1.22 bits per heavy atom. The maximum absolute atomic E-state index is 12.2. The first kappa shape index (κ1) is 14.9. The van der Waals surface area contributed by atoms with Gasteiger partial charge in [0.2, 0.25) is 0 Å². The highest BCUT2D eigenvalue weighted by Crippen LogP contribution is 2.23. The van der Waals surface area contributed by atoms with Crippen LogP contribution >= 0.6 is 11.3 Å². The molecule has 0 aliphatic carbocycles. The smallest absolute Gasteiger partial charge is 0.267 e. The van der Waals surface area contributed by atoms with Gasteiger partial charge in [-0.3, -0.25) is 14.9 Å². The van der Waals surface area contributed by atoms with Crippen LogP contribution in [-0.4, -0.2) is 20.6 Å². The zero-order valence-corrected chi connectivity index (χ0v) is 12.6. The third-order valence-corrected chi connectivity index (χ3v) is 3.96. The van der Waals surface area contributed by atoms with Crippen LogP contribution in [0.25, 0.3) is 12.2 Å². The Hall–Kier alpha value is -3.06. The average molecular weight is 325 g/mol. The predicted octanol–water partition coefficient (Wildman–Crippen LogP) is 3.71. The Kier molecular flexibility index (Phi) is 4.11. The SMILES string of the molecule is O=C(c1csc([N+](=O)[O-])c1)n1ccc(C=Cc2ccccc2)n1.